The van der Waals surface area contributed by atoms with Crippen LogP contribution in [0, 0.1) is 35.5 Å². The molecule has 4 rings (SSSR count). The standard InChI is InChI=1S/C31H44F2/c1-4-8-24-11-13-25(14-12-24)22(2)26-15-17-27(18-16-26)23(3)31(33)20-19-29(21-30(31)32)28-9-6-5-7-10-28/h5-7,9-10,19-27,29H,4,8,11-18H2,1-3H3. The minimum absolute atomic E-state index is 0.175. The average Bonchev–Trinajstić information content (AvgIpc) is 2.86. The van der Waals surface area contributed by atoms with Crippen LogP contribution in [0.5, 0.6) is 0 Å². The summed E-state index contributed by atoms with van der Waals surface area (Å²) in [5, 5.41) is 0. The second-order valence-electron chi connectivity index (χ2n) is 11.5. The lowest BCUT2D eigenvalue weighted by Crippen LogP contribution is -2.39. The van der Waals surface area contributed by atoms with Crippen molar-refractivity contribution in [1.29, 1.82) is 0 Å². The molecule has 3 aliphatic rings. The van der Waals surface area contributed by atoms with Gasteiger partial charge in [0.15, 0.2) is 5.67 Å². The Morgan fingerprint density at radius 1 is 0.879 bits per heavy atom. The van der Waals surface area contributed by atoms with Gasteiger partial charge in [0.25, 0.3) is 0 Å². The molecule has 1 aromatic carbocycles. The topological polar surface area (TPSA) is 0 Å². The van der Waals surface area contributed by atoms with Gasteiger partial charge < -0.3 is 0 Å². The first-order valence-corrected chi connectivity index (χ1v) is 13.7. The van der Waals surface area contributed by atoms with Gasteiger partial charge in [-0.2, -0.15) is 0 Å². The number of hydrogen-bond donors (Lipinski definition) is 0. The summed E-state index contributed by atoms with van der Waals surface area (Å²) in [6.07, 6.45) is 17.7. The third kappa shape index (κ3) is 5.46. The zero-order chi connectivity index (χ0) is 23.4. The van der Waals surface area contributed by atoms with Crippen LogP contribution in [-0.2, 0) is 0 Å². The number of alkyl halides is 1. The normalized spacial score (nSPS) is 36.8. The molecule has 2 fully saturated rings. The lowest BCUT2D eigenvalue weighted by molar-refractivity contribution is 0.0619. The molecule has 0 saturated heterocycles. The summed E-state index contributed by atoms with van der Waals surface area (Å²) in [6.45, 7) is 6.72. The van der Waals surface area contributed by atoms with Gasteiger partial charge in [0.2, 0.25) is 0 Å². The van der Waals surface area contributed by atoms with Crippen molar-refractivity contribution >= 4 is 0 Å². The first-order valence-electron chi connectivity index (χ1n) is 13.7. The Morgan fingerprint density at radius 2 is 1.45 bits per heavy atom. The van der Waals surface area contributed by atoms with Crippen molar-refractivity contribution in [2.75, 3.05) is 0 Å². The molecule has 4 unspecified atom stereocenters. The number of allylic oxidation sites excluding steroid dienone is 4. The first-order chi connectivity index (χ1) is 15.9. The van der Waals surface area contributed by atoms with Gasteiger partial charge in [0.05, 0.1) is 0 Å². The second-order valence-corrected chi connectivity index (χ2v) is 11.5. The predicted octanol–water partition coefficient (Wildman–Crippen LogP) is 9.59. The Hall–Kier alpha value is -1.44. The Bertz CT molecular complexity index is 795. The smallest absolute Gasteiger partial charge is 0.182 e. The minimum Gasteiger partial charge on any atom is -0.231 e. The van der Waals surface area contributed by atoms with Crippen molar-refractivity contribution in [3.8, 4) is 0 Å². The van der Waals surface area contributed by atoms with Crippen molar-refractivity contribution in [1.82, 2.24) is 0 Å². The summed E-state index contributed by atoms with van der Waals surface area (Å²) in [5.41, 5.74) is -0.941. The van der Waals surface area contributed by atoms with Crippen LogP contribution in [0.1, 0.15) is 96.5 Å². The molecule has 33 heavy (non-hydrogen) atoms. The van der Waals surface area contributed by atoms with E-state index in [0.29, 0.717) is 0 Å². The molecule has 1 aromatic rings. The van der Waals surface area contributed by atoms with Gasteiger partial charge in [-0.1, -0.05) is 82.9 Å². The van der Waals surface area contributed by atoms with E-state index in [1.807, 2.05) is 43.3 Å². The molecule has 0 N–H and O–H groups in total. The molecule has 2 heteroatoms. The van der Waals surface area contributed by atoms with Gasteiger partial charge in [-0.25, -0.2) is 8.78 Å². The molecule has 0 aliphatic heterocycles. The zero-order valence-corrected chi connectivity index (χ0v) is 21.0. The maximum Gasteiger partial charge on any atom is 0.182 e. The number of benzene rings is 1. The molecule has 0 bridgehead atoms. The Balaban J connectivity index is 1.31. The third-order valence-electron chi connectivity index (χ3n) is 9.68. The molecule has 0 radical (unpaired) electrons. The molecule has 4 atom stereocenters. The molecular weight excluding hydrogens is 410 g/mol. The van der Waals surface area contributed by atoms with Gasteiger partial charge >= 0.3 is 0 Å². The van der Waals surface area contributed by atoms with E-state index in [2.05, 4.69) is 13.8 Å². The highest BCUT2D eigenvalue weighted by molar-refractivity contribution is 5.38. The van der Waals surface area contributed by atoms with Crippen molar-refractivity contribution in [2.24, 2.45) is 35.5 Å². The Morgan fingerprint density at radius 3 is 2.03 bits per heavy atom. The highest BCUT2D eigenvalue weighted by Gasteiger charge is 2.45. The highest BCUT2D eigenvalue weighted by Crippen LogP contribution is 2.49. The fourth-order valence-corrected chi connectivity index (χ4v) is 7.23. The average molecular weight is 455 g/mol. The molecule has 0 heterocycles. The van der Waals surface area contributed by atoms with Gasteiger partial charge in [0.1, 0.15) is 5.83 Å². The van der Waals surface area contributed by atoms with E-state index >= 15 is 8.78 Å². The Kier molecular flexibility index (Phi) is 8.13. The number of hydrogen-bond acceptors (Lipinski definition) is 0. The lowest BCUT2D eigenvalue weighted by atomic mass is 9.64. The minimum atomic E-state index is -1.95. The van der Waals surface area contributed by atoms with Crippen molar-refractivity contribution in [2.45, 2.75) is 96.6 Å². The van der Waals surface area contributed by atoms with E-state index in [9.17, 15) is 0 Å². The van der Waals surface area contributed by atoms with Gasteiger partial charge in [0, 0.05) is 11.8 Å². The summed E-state index contributed by atoms with van der Waals surface area (Å²) >= 11 is 0. The van der Waals surface area contributed by atoms with Crippen LogP contribution in [0.2, 0.25) is 0 Å². The molecule has 0 nitrogen and oxygen atoms in total. The fraction of sp³-hybridized carbons (Fsp3) is 0.677. The molecule has 2 saturated carbocycles. The zero-order valence-electron chi connectivity index (χ0n) is 21.0. The maximum atomic E-state index is 15.9. The van der Waals surface area contributed by atoms with E-state index < -0.39 is 11.5 Å². The predicted molar refractivity (Wildman–Crippen MR) is 135 cm³/mol. The van der Waals surface area contributed by atoms with Crippen molar-refractivity contribution in [3.05, 3.63) is 60.0 Å². The van der Waals surface area contributed by atoms with E-state index in [1.165, 1.54) is 63.5 Å². The van der Waals surface area contributed by atoms with Gasteiger partial charge in [-0.15, -0.1) is 0 Å². The summed E-state index contributed by atoms with van der Waals surface area (Å²) in [4.78, 5) is 0. The van der Waals surface area contributed by atoms with Crippen LogP contribution in [-0.4, -0.2) is 5.67 Å². The SMILES string of the molecule is CCCC1CCC(C(C)C2CCC(C(C)C3(F)C=CC(c4ccccc4)C=C3F)CC2)CC1. The van der Waals surface area contributed by atoms with E-state index in [0.717, 1.165) is 42.1 Å². The van der Waals surface area contributed by atoms with E-state index in [4.69, 9.17) is 0 Å². The molecule has 0 aromatic heterocycles. The lowest BCUT2D eigenvalue weighted by Gasteiger charge is -2.42. The van der Waals surface area contributed by atoms with Crippen LogP contribution in [0.3, 0.4) is 0 Å². The fourth-order valence-electron chi connectivity index (χ4n) is 7.23. The quantitative estimate of drug-likeness (QED) is 0.360. The molecular formula is C31H44F2. The van der Waals surface area contributed by atoms with Gasteiger partial charge in [-0.3, -0.25) is 0 Å². The number of halogens is 2. The van der Waals surface area contributed by atoms with Crippen LogP contribution >= 0.6 is 0 Å². The monoisotopic (exact) mass is 454 g/mol. The highest BCUT2D eigenvalue weighted by atomic mass is 19.2. The van der Waals surface area contributed by atoms with E-state index in [1.54, 1.807) is 0 Å². The summed E-state index contributed by atoms with van der Waals surface area (Å²) in [7, 11) is 0. The summed E-state index contributed by atoms with van der Waals surface area (Å²) < 4.78 is 31.1. The Labute approximate surface area is 200 Å². The summed E-state index contributed by atoms with van der Waals surface area (Å²) in [5.74, 6) is 2.56. The molecule has 0 spiro atoms. The largest absolute Gasteiger partial charge is 0.231 e. The van der Waals surface area contributed by atoms with Crippen molar-refractivity contribution in [3.63, 3.8) is 0 Å². The number of rotatable bonds is 7. The first kappa shape index (κ1) is 24.7. The maximum absolute atomic E-state index is 15.9. The molecule has 3 aliphatic carbocycles. The second kappa shape index (κ2) is 10.9. The van der Waals surface area contributed by atoms with Crippen LogP contribution in [0.25, 0.3) is 0 Å². The van der Waals surface area contributed by atoms with Crippen LogP contribution in [0.15, 0.2) is 54.4 Å². The van der Waals surface area contributed by atoms with Crippen molar-refractivity contribution < 1.29 is 8.78 Å². The van der Waals surface area contributed by atoms with E-state index in [-0.39, 0.29) is 17.8 Å². The van der Waals surface area contributed by atoms with Crippen LogP contribution in [0.4, 0.5) is 8.78 Å². The molecule has 182 valence electrons. The van der Waals surface area contributed by atoms with Crippen LogP contribution < -0.4 is 0 Å². The summed E-state index contributed by atoms with van der Waals surface area (Å²) in [6, 6.07) is 9.81. The molecule has 0 amide bonds. The third-order valence-corrected chi connectivity index (χ3v) is 9.68. The van der Waals surface area contributed by atoms with Gasteiger partial charge in [-0.05, 0) is 85.8 Å².